The van der Waals surface area contributed by atoms with E-state index in [0.29, 0.717) is 5.92 Å². The molecule has 0 saturated carbocycles. The van der Waals surface area contributed by atoms with Crippen molar-refractivity contribution >= 4 is 0 Å². The van der Waals surface area contributed by atoms with Crippen LogP contribution >= 0.6 is 0 Å². The molecule has 0 bridgehead atoms. The first-order valence-corrected chi connectivity index (χ1v) is 7.34. The monoisotopic (exact) mass is 267 g/mol. The van der Waals surface area contributed by atoms with Gasteiger partial charge in [0.15, 0.2) is 0 Å². The van der Waals surface area contributed by atoms with Crippen molar-refractivity contribution in [2.75, 3.05) is 6.61 Å². The van der Waals surface area contributed by atoms with E-state index >= 15 is 0 Å². The molecule has 3 rings (SSSR count). The van der Waals surface area contributed by atoms with Gasteiger partial charge in [0, 0.05) is 17.5 Å². The Labute approximate surface area is 120 Å². The van der Waals surface area contributed by atoms with Gasteiger partial charge in [-0.1, -0.05) is 49.4 Å². The molecule has 2 heteroatoms. The molecule has 104 valence electrons. The van der Waals surface area contributed by atoms with Gasteiger partial charge in [0.05, 0.1) is 6.61 Å². The van der Waals surface area contributed by atoms with Gasteiger partial charge < -0.3 is 10.5 Å². The maximum absolute atomic E-state index is 6.14. The van der Waals surface area contributed by atoms with Gasteiger partial charge >= 0.3 is 0 Å². The van der Waals surface area contributed by atoms with E-state index in [2.05, 4.69) is 37.3 Å². The van der Waals surface area contributed by atoms with Crippen LogP contribution in [0.3, 0.4) is 0 Å². The molecule has 20 heavy (non-hydrogen) atoms. The molecular weight excluding hydrogens is 246 g/mol. The summed E-state index contributed by atoms with van der Waals surface area (Å²) in [6, 6.07) is 16.8. The number of benzene rings is 2. The average molecular weight is 267 g/mol. The summed E-state index contributed by atoms with van der Waals surface area (Å²) in [5.41, 5.74) is 10.2. The maximum Gasteiger partial charge on any atom is 0.124 e. The fourth-order valence-electron chi connectivity index (χ4n) is 2.84. The molecule has 2 N–H and O–H groups in total. The van der Waals surface area contributed by atoms with Crippen LogP contribution in [0.1, 0.15) is 42.0 Å². The Kier molecular flexibility index (Phi) is 3.75. The largest absolute Gasteiger partial charge is 0.493 e. The molecule has 0 spiro atoms. The van der Waals surface area contributed by atoms with Crippen LogP contribution in [0.15, 0.2) is 48.5 Å². The third-order valence-corrected chi connectivity index (χ3v) is 4.16. The highest BCUT2D eigenvalue weighted by Crippen LogP contribution is 2.35. The van der Waals surface area contributed by atoms with Crippen LogP contribution in [0.2, 0.25) is 0 Å². The highest BCUT2D eigenvalue weighted by Gasteiger charge is 2.26. The molecule has 0 aromatic heterocycles. The van der Waals surface area contributed by atoms with Crippen LogP contribution in [-0.4, -0.2) is 6.61 Å². The van der Waals surface area contributed by atoms with Crippen LogP contribution in [-0.2, 0) is 6.42 Å². The van der Waals surface area contributed by atoms with E-state index in [9.17, 15) is 0 Å². The van der Waals surface area contributed by atoms with E-state index in [4.69, 9.17) is 10.5 Å². The predicted molar refractivity (Wildman–Crippen MR) is 82.0 cm³/mol. The molecule has 0 amide bonds. The molecule has 1 aliphatic rings. The van der Waals surface area contributed by atoms with E-state index in [1.54, 1.807) is 0 Å². The summed E-state index contributed by atoms with van der Waals surface area (Å²) in [6.07, 6.45) is 2.05. The summed E-state index contributed by atoms with van der Waals surface area (Å²) in [5, 5.41) is 0. The lowest BCUT2D eigenvalue weighted by atomic mass is 9.78. The normalized spacial score (nSPS) is 18.0. The van der Waals surface area contributed by atoms with Crippen LogP contribution in [0.25, 0.3) is 0 Å². The van der Waals surface area contributed by atoms with Crippen molar-refractivity contribution in [1.82, 2.24) is 0 Å². The van der Waals surface area contributed by atoms with Crippen LogP contribution in [0.4, 0.5) is 0 Å². The Morgan fingerprint density at radius 2 is 1.90 bits per heavy atom. The first-order chi connectivity index (χ1) is 9.79. The Bertz CT molecular complexity index is 593. The molecule has 0 aliphatic heterocycles. The van der Waals surface area contributed by atoms with Gasteiger partial charge in [0.2, 0.25) is 0 Å². The van der Waals surface area contributed by atoms with Gasteiger partial charge in [0.25, 0.3) is 0 Å². The fraction of sp³-hybridized carbons (Fsp3) is 0.333. The second-order valence-corrected chi connectivity index (χ2v) is 5.46. The van der Waals surface area contributed by atoms with Crippen molar-refractivity contribution in [3.63, 3.8) is 0 Å². The summed E-state index contributed by atoms with van der Waals surface area (Å²) < 4.78 is 6.04. The summed E-state index contributed by atoms with van der Waals surface area (Å²) in [6.45, 7) is 2.84. The lowest BCUT2D eigenvalue weighted by Gasteiger charge is -2.30. The predicted octanol–water partition coefficient (Wildman–Crippen LogP) is 3.82. The average Bonchev–Trinajstić information content (AvgIpc) is 2.48. The van der Waals surface area contributed by atoms with E-state index in [1.807, 2.05) is 18.2 Å². The minimum atomic E-state index is 0.0554. The standard InChI is InChI=1S/C18H21NO/c1-2-17(19)16-9-5-6-10-18(16)20-12-14-11-13-7-3-4-8-15(13)14/h3-10,14,17H,2,11-12,19H2,1H3. The van der Waals surface area contributed by atoms with E-state index in [1.165, 1.54) is 11.1 Å². The van der Waals surface area contributed by atoms with Gasteiger partial charge in [-0.2, -0.15) is 0 Å². The zero-order chi connectivity index (χ0) is 13.9. The molecule has 0 radical (unpaired) electrons. The van der Waals surface area contributed by atoms with Gasteiger partial charge in [-0.05, 0) is 30.0 Å². The van der Waals surface area contributed by atoms with Gasteiger partial charge in [0.1, 0.15) is 5.75 Å². The number of hydrogen-bond acceptors (Lipinski definition) is 2. The summed E-state index contributed by atoms with van der Waals surface area (Å²) in [7, 11) is 0. The Morgan fingerprint density at radius 3 is 2.70 bits per heavy atom. The molecular formula is C18H21NO. The van der Waals surface area contributed by atoms with Crippen LogP contribution in [0.5, 0.6) is 5.75 Å². The minimum absolute atomic E-state index is 0.0554. The van der Waals surface area contributed by atoms with Crippen molar-refractivity contribution in [2.45, 2.75) is 31.7 Å². The number of nitrogens with two attached hydrogens (primary N) is 1. The van der Waals surface area contributed by atoms with Crippen molar-refractivity contribution in [3.05, 3.63) is 65.2 Å². The molecule has 1 aliphatic carbocycles. The zero-order valence-electron chi connectivity index (χ0n) is 11.9. The fourth-order valence-corrected chi connectivity index (χ4v) is 2.84. The molecule has 2 nitrogen and oxygen atoms in total. The minimum Gasteiger partial charge on any atom is -0.493 e. The summed E-state index contributed by atoms with van der Waals surface area (Å²) >= 11 is 0. The molecule has 2 atom stereocenters. The highest BCUT2D eigenvalue weighted by atomic mass is 16.5. The zero-order valence-corrected chi connectivity index (χ0v) is 11.9. The molecule has 2 aromatic carbocycles. The van der Waals surface area contributed by atoms with Crippen molar-refractivity contribution in [2.24, 2.45) is 5.73 Å². The van der Waals surface area contributed by atoms with E-state index in [0.717, 1.165) is 30.8 Å². The summed E-state index contributed by atoms with van der Waals surface area (Å²) in [5.74, 6) is 1.46. The first kappa shape index (κ1) is 13.2. The van der Waals surface area contributed by atoms with Crippen molar-refractivity contribution in [1.29, 1.82) is 0 Å². The van der Waals surface area contributed by atoms with Gasteiger partial charge in [-0.15, -0.1) is 0 Å². The van der Waals surface area contributed by atoms with Crippen molar-refractivity contribution < 1.29 is 4.74 Å². The quantitative estimate of drug-likeness (QED) is 0.894. The molecule has 0 heterocycles. The number of fused-ring (bicyclic) bond motifs is 1. The first-order valence-electron chi connectivity index (χ1n) is 7.34. The highest BCUT2D eigenvalue weighted by molar-refractivity contribution is 5.41. The molecule has 2 aromatic rings. The third kappa shape index (κ3) is 2.44. The molecule has 2 unspecified atom stereocenters. The summed E-state index contributed by atoms with van der Waals surface area (Å²) in [4.78, 5) is 0. The molecule has 0 saturated heterocycles. The maximum atomic E-state index is 6.14. The van der Waals surface area contributed by atoms with Crippen molar-refractivity contribution in [3.8, 4) is 5.75 Å². The van der Waals surface area contributed by atoms with Crippen LogP contribution < -0.4 is 10.5 Å². The SMILES string of the molecule is CCC(N)c1ccccc1OCC1Cc2ccccc21. The smallest absolute Gasteiger partial charge is 0.124 e. The number of para-hydroxylation sites is 1. The second-order valence-electron chi connectivity index (χ2n) is 5.46. The van der Waals surface area contributed by atoms with Crippen LogP contribution in [0, 0.1) is 0 Å². The Balaban J connectivity index is 1.68. The second kappa shape index (κ2) is 5.68. The van der Waals surface area contributed by atoms with E-state index < -0.39 is 0 Å². The third-order valence-electron chi connectivity index (χ3n) is 4.16. The number of hydrogen-bond donors (Lipinski definition) is 1. The topological polar surface area (TPSA) is 35.2 Å². The number of rotatable bonds is 5. The molecule has 0 fully saturated rings. The van der Waals surface area contributed by atoms with E-state index in [-0.39, 0.29) is 6.04 Å². The lowest BCUT2D eigenvalue weighted by Crippen LogP contribution is -2.23. The Hall–Kier alpha value is -1.80. The number of ether oxygens (including phenoxy) is 1. The van der Waals surface area contributed by atoms with Gasteiger partial charge in [-0.3, -0.25) is 0 Å². The Morgan fingerprint density at radius 1 is 1.15 bits per heavy atom. The lowest BCUT2D eigenvalue weighted by molar-refractivity contribution is 0.271. The van der Waals surface area contributed by atoms with Gasteiger partial charge in [-0.25, -0.2) is 0 Å².